The van der Waals surface area contributed by atoms with E-state index < -0.39 is 29.8 Å². The number of aliphatic imine (C=N–C) groups is 1. The van der Waals surface area contributed by atoms with E-state index in [4.69, 9.17) is 9.73 Å². The number of carbonyl (C=O) groups excluding carboxylic acids is 2. The summed E-state index contributed by atoms with van der Waals surface area (Å²) >= 11 is 1.62. The van der Waals surface area contributed by atoms with Crippen molar-refractivity contribution in [2.75, 3.05) is 30.0 Å². The van der Waals surface area contributed by atoms with Crippen LogP contribution in [0.1, 0.15) is 36.9 Å². The summed E-state index contributed by atoms with van der Waals surface area (Å²) in [5.74, 6) is 0.448. The molecular weight excluding hydrogens is 493 g/mol. The first-order valence-electron chi connectivity index (χ1n) is 11.4. The van der Waals surface area contributed by atoms with Gasteiger partial charge in [-0.15, -0.1) is 0 Å². The minimum Gasteiger partial charge on any atom is -0.466 e. The number of nitrogens with one attached hydrogen (secondary N) is 2. The van der Waals surface area contributed by atoms with Crippen LogP contribution in [-0.4, -0.2) is 41.5 Å². The van der Waals surface area contributed by atoms with Crippen LogP contribution >= 0.6 is 11.8 Å². The Balaban J connectivity index is 1.63. The van der Waals surface area contributed by atoms with Crippen molar-refractivity contribution in [3.05, 3.63) is 70.9 Å². The zero-order chi connectivity index (χ0) is 25.9. The highest BCUT2D eigenvalue weighted by Gasteiger charge is 2.38. The minimum absolute atomic E-state index is 0.347. The van der Waals surface area contributed by atoms with Crippen molar-refractivity contribution < 1.29 is 27.5 Å². The number of hydrogen-bond acceptors (Lipinski definition) is 6. The Hall–Kier alpha value is -3.47. The van der Waals surface area contributed by atoms with Crippen molar-refractivity contribution in [1.82, 2.24) is 4.90 Å². The molecule has 11 heteroatoms. The number of allylic oxidation sites excluding steroid dienone is 1. The summed E-state index contributed by atoms with van der Waals surface area (Å²) in [6, 6.07) is 10.4. The molecule has 2 heterocycles. The molecule has 0 aromatic heterocycles. The zero-order valence-corrected chi connectivity index (χ0v) is 20.5. The fourth-order valence-corrected chi connectivity index (χ4v) is 5.26. The third kappa shape index (κ3) is 5.35. The molecule has 1 saturated heterocycles. The highest BCUT2D eigenvalue weighted by molar-refractivity contribution is 8.13. The monoisotopic (exact) mass is 518 g/mol. The van der Waals surface area contributed by atoms with Gasteiger partial charge in [0.05, 0.1) is 35.7 Å². The molecule has 0 aliphatic carbocycles. The number of amidine groups is 1. The molecule has 0 spiro atoms. The van der Waals surface area contributed by atoms with Gasteiger partial charge in [-0.1, -0.05) is 43.0 Å². The summed E-state index contributed by atoms with van der Waals surface area (Å²) in [7, 11) is 1.32. The van der Waals surface area contributed by atoms with Crippen LogP contribution in [0.15, 0.2) is 64.8 Å². The van der Waals surface area contributed by atoms with Crippen molar-refractivity contribution >= 4 is 40.3 Å². The number of para-hydroxylation sites is 1. The standard InChI is InChI=1S/C25H25F3N4O3S/c1-3-18-20(22(33)35-2)21(32-12-7-13-36-24(32)31-18)15-8-6-9-16(14-15)29-23(34)30-19-11-5-4-10-17(19)25(26,27)28/h4-6,8-11,14,21H,3,7,12-13H2,1-2H3,(H2,29,30,34). The third-order valence-electron chi connectivity index (χ3n) is 5.83. The largest absolute Gasteiger partial charge is 0.466 e. The Labute approximate surface area is 210 Å². The highest BCUT2D eigenvalue weighted by Crippen LogP contribution is 2.41. The van der Waals surface area contributed by atoms with Gasteiger partial charge >= 0.3 is 18.2 Å². The number of amides is 2. The van der Waals surface area contributed by atoms with E-state index in [0.29, 0.717) is 29.9 Å². The number of rotatable bonds is 5. The van der Waals surface area contributed by atoms with E-state index in [1.54, 1.807) is 30.0 Å². The summed E-state index contributed by atoms with van der Waals surface area (Å²) in [4.78, 5) is 32.2. The molecule has 2 aliphatic rings. The number of hydrogen-bond donors (Lipinski definition) is 2. The van der Waals surface area contributed by atoms with Crippen molar-refractivity contribution in [1.29, 1.82) is 0 Å². The van der Waals surface area contributed by atoms with Gasteiger partial charge < -0.3 is 20.3 Å². The normalized spacial score (nSPS) is 17.8. The molecule has 2 N–H and O–H groups in total. The van der Waals surface area contributed by atoms with E-state index in [9.17, 15) is 22.8 Å². The molecule has 2 aliphatic heterocycles. The lowest BCUT2D eigenvalue weighted by Crippen LogP contribution is -2.42. The van der Waals surface area contributed by atoms with Crippen LogP contribution in [0.4, 0.5) is 29.3 Å². The minimum atomic E-state index is -4.61. The molecule has 1 unspecified atom stereocenters. The molecule has 1 atom stereocenters. The molecule has 7 nitrogen and oxygen atoms in total. The molecule has 4 rings (SSSR count). The first-order chi connectivity index (χ1) is 17.2. The lowest BCUT2D eigenvalue weighted by molar-refractivity contribution is -0.137. The number of benzene rings is 2. The van der Waals surface area contributed by atoms with E-state index in [0.717, 1.165) is 29.0 Å². The number of urea groups is 1. The van der Waals surface area contributed by atoms with E-state index in [1.165, 1.54) is 25.3 Å². The van der Waals surface area contributed by atoms with Crippen LogP contribution in [0.2, 0.25) is 0 Å². The van der Waals surface area contributed by atoms with Gasteiger partial charge in [0.15, 0.2) is 5.17 Å². The van der Waals surface area contributed by atoms with Gasteiger partial charge in [0, 0.05) is 18.0 Å². The second-order valence-electron chi connectivity index (χ2n) is 8.15. The topological polar surface area (TPSA) is 83.0 Å². The lowest BCUT2D eigenvalue weighted by atomic mass is 9.93. The van der Waals surface area contributed by atoms with Crippen molar-refractivity contribution in [3.63, 3.8) is 0 Å². The summed E-state index contributed by atoms with van der Waals surface area (Å²) in [6.07, 6.45) is -3.16. The van der Waals surface area contributed by atoms with Crippen LogP contribution in [0.25, 0.3) is 0 Å². The van der Waals surface area contributed by atoms with Crippen LogP contribution in [0.5, 0.6) is 0 Å². The van der Waals surface area contributed by atoms with Gasteiger partial charge in [-0.2, -0.15) is 13.2 Å². The van der Waals surface area contributed by atoms with E-state index in [1.807, 2.05) is 13.0 Å². The molecule has 2 aromatic rings. The maximum atomic E-state index is 13.3. The average molecular weight is 519 g/mol. The van der Waals surface area contributed by atoms with Gasteiger partial charge in [0.2, 0.25) is 0 Å². The highest BCUT2D eigenvalue weighted by atomic mass is 32.2. The van der Waals surface area contributed by atoms with Crippen LogP contribution in [0, 0.1) is 0 Å². The quantitative estimate of drug-likeness (QED) is 0.472. The Kier molecular flexibility index (Phi) is 7.58. The number of alkyl halides is 3. The maximum Gasteiger partial charge on any atom is 0.418 e. The molecule has 36 heavy (non-hydrogen) atoms. The number of methoxy groups -OCH3 is 1. The first-order valence-corrected chi connectivity index (χ1v) is 12.3. The van der Waals surface area contributed by atoms with Gasteiger partial charge in [0.1, 0.15) is 0 Å². The maximum absolute atomic E-state index is 13.3. The van der Waals surface area contributed by atoms with Gasteiger partial charge in [-0.3, -0.25) is 0 Å². The van der Waals surface area contributed by atoms with E-state index in [2.05, 4.69) is 15.5 Å². The van der Waals surface area contributed by atoms with Gasteiger partial charge in [0.25, 0.3) is 0 Å². The molecule has 0 saturated carbocycles. The number of halogens is 3. The number of carbonyl (C=O) groups is 2. The number of anilines is 2. The van der Waals surface area contributed by atoms with Crippen molar-refractivity contribution in [3.8, 4) is 0 Å². The van der Waals surface area contributed by atoms with E-state index in [-0.39, 0.29) is 5.69 Å². The SMILES string of the molecule is CCC1=C(C(=O)OC)C(c2cccc(NC(=O)Nc3ccccc3C(F)(F)F)c2)N2CCCSC2=N1. The van der Waals surface area contributed by atoms with Crippen LogP contribution in [-0.2, 0) is 15.7 Å². The van der Waals surface area contributed by atoms with Crippen LogP contribution in [0.3, 0.4) is 0 Å². The van der Waals surface area contributed by atoms with Gasteiger partial charge in [-0.05, 0) is 42.7 Å². The molecular formula is C25H25F3N4O3S. The number of nitrogens with zero attached hydrogens (tertiary/aromatic N) is 2. The smallest absolute Gasteiger partial charge is 0.418 e. The predicted octanol–water partition coefficient (Wildman–Crippen LogP) is 6.04. The predicted molar refractivity (Wildman–Crippen MR) is 134 cm³/mol. The molecule has 190 valence electrons. The Morgan fingerprint density at radius 1 is 1.17 bits per heavy atom. The number of fused-ring (bicyclic) bond motifs is 1. The summed E-state index contributed by atoms with van der Waals surface area (Å²) in [6.45, 7) is 2.62. The summed E-state index contributed by atoms with van der Waals surface area (Å²) in [5, 5.41) is 5.71. The molecule has 1 fully saturated rings. The second kappa shape index (κ2) is 10.7. The lowest BCUT2D eigenvalue weighted by Gasteiger charge is -2.40. The number of thioether (sulfide) groups is 1. The summed E-state index contributed by atoms with van der Waals surface area (Å²) in [5.41, 5.74) is 0.889. The Morgan fingerprint density at radius 3 is 2.67 bits per heavy atom. The molecule has 0 radical (unpaired) electrons. The second-order valence-corrected chi connectivity index (χ2v) is 9.21. The molecule has 2 amide bonds. The Morgan fingerprint density at radius 2 is 1.94 bits per heavy atom. The Bertz CT molecular complexity index is 1230. The number of ether oxygens (including phenoxy) is 1. The van der Waals surface area contributed by atoms with Crippen LogP contribution < -0.4 is 10.6 Å². The van der Waals surface area contributed by atoms with Gasteiger partial charge in [-0.25, -0.2) is 14.6 Å². The van der Waals surface area contributed by atoms with E-state index >= 15 is 0 Å². The van der Waals surface area contributed by atoms with Crippen molar-refractivity contribution in [2.45, 2.75) is 32.0 Å². The molecule has 2 aromatic carbocycles. The zero-order valence-electron chi connectivity index (χ0n) is 19.7. The first kappa shape index (κ1) is 25.6. The average Bonchev–Trinajstić information content (AvgIpc) is 2.86. The molecule has 0 bridgehead atoms. The fraction of sp³-hybridized carbons (Fsp3) is 0.320. The summed E-state index contributed by atoms with van der Waals surface area (Å²) < 4.78 is 44.9. The fourth-order valence-electron chi connectivity index (χ4n) is 4.27. The number of esters is 1. The third-order valence-corrected chi connectivity index (χ3v) is 6.90. The van der Waals surface area contributed by atoms with Crippen molar-refractivity contribution in [2.24, 2.45) is 4.99 Å².